The normalized spacial score (nSPS) is 11.4. The second kappa shape index (κ2) is 4.18. The van der Waals surface area contributed by atoms with Crippen molar-refractivity contribution in [2.24, 2.45) is 0 Å². The maximum absolute atomic E-state index is 11.5. The van der Waals surface area contributed by atoms with Crippen molar-refractivity contribution in [2.75, 3.05) is 6.26 Å². The summed E-state index contributed by atoms with van der Waals surface area (Å²) < 4.78 is 26.0. The fourth-order valence-corrected chi connectivity index (χ4v) is 1.87. The Balaban J connectivity index is 2.40. The number of hydrogen-bond acceptors (Lipinski definition) is 4. The molecule has 0 atom stereocenters. The molecule has 0 aliphatic rings. The van der Waals surface area contributed by atoms with Crippen LogP contribution in [0.5, 0.6) is 0 Å². The first kappa shape index (κ1) is 11.6. The van der Waals surface area contributed by atoms with Gasteiger partial charge in [0.25, 0.3) is 0 Å². The molecule has 0 saturated carbocycles. The number of fused-ring (bicyclic) bond motifs is 1. The minimum atomic E-state index is -3.77. The molecule has 0 unspecified atom stereocenters. The molecule has 2 aromatic carbocycles. The van der Waals surface area contributed by atoms with E-state index in [-0.39, 0.29) is 5.56 Å². The molecule has 0 bridgehead atoms. The van der Waals surface area contributed by atoms with Gasteiger partial charge in [-0.1, -0.05) is 30.3 Å². The van der Waals surface area contributed by atoms with Crippen molar-refractivity contribution in [2.45, 2.75) is 0 Å². The molecule has 88 valence electrons. The first-order chi connectivity index (χ1) is 7.96. The summed E-state index contributed by atoms with van der Waals surface area (Å²) in [4.78, 5) is 11.5. The summed E-state index contributed by atoms with van der Waals surface area (Å²) in [5, 5.41) is 1.83. The number of hydrogen-bond donors (Lipinski definition) is 0. The van der Waals surface area contributed by atoms with Crippen LogP contribution in [0.4, 0.5) is 0 Å². The summed E-state index contributed by atoms with van der Waals surface area (Å²) in [6.07, 6.45) is 0.839. The van der Waals surface area contributed by atoms with Crippen molar-refractivity contribution < 1.29 is 17.4 Å². The molecule has 5 heteroatoms. The molecular weight excluding hydrogens is 240 g/mol. The SMILES string of the molecule is CS(=O)(=O)OC(=O)c1ccc2ccccc2c1. The van der Waals surface area contributed by atoms with E-state index in [0.717, 1.165) is 17.0 Å². The molecule has 17 heavy (non-hydrogen) atoms. The third-order valence-corrected chi connectivity index (χ3v) is 2.67. The largest absolute Gasteiger partial charge is 0.353 e. The molecule has 0 aliphatic carbocycles. The summed E-state index contributed by atoms with van der Waals surface area (Å²) >= 11 is 0. The first-order valence-corrected chi connectivity index (χ1v) is 6.70. The fraction of sp³-hybridized carbons (Fsp3) is 0.0833. The third kappa shape index (κ3) is 2.82. The van der Waals surface area contributed by atoms with E-state index in [1.54, 1.807) is 12.1 Å². The molecule has 0 fully saturated rings. The number of benzene rings is 2. The summed E-state index contributed by atoms with van der Waals surface area (Å²) in [7, 11) is -3.77. The standard InChI is InChI=1S/C12H10O4S/c1-17(14,15)16-12(13)11-7-6-9-4-2-3-5-10(9)8-11/h2-8H,1H3. The Kier molecular flexibility index (Phi) is 2.85. The lowest BCUT2D eigenvalue weighted by atomic mass is 10.1. The summed E-state index contributed by atoms with van der Waals surface area (Å²) in [6, 6.07) is 12.4. The molecule has 2 aromatic rings. The van der Waals surface area contributed by atoms with E-state index in [2.05, 4.69) is 4.18 Å². The van der Waals surface area contributed by atoms with E-state index < -0.39 is 16.1 Å². The molecule has 4 nitrogen and oxygen atoms in total. The van der Waals surface area contributed by atoms with Crippen molar-refractivity contribution in [3.8, 4) is 0 Å². The molecule has 0 spiro atoms. The van der Waals surface area contributed by atoms with Gasteiger partial charge in [0.15, 0.2) is 0 Å². The molecule has 0 N–H and O–H groups in total. The van der Waals surface area contributed by atoms with Gasteiger partial charge < -0.3 is 4.18 Å². The smallest absolute Gasteiger partial charge is 0.341 e. The lowest BCUT2D eigenvalue weighted by Crippen LogP contribution is -2.11. The second-order valence-corrected chi connectivity index (χ2v) is 5.21. The molecule has 0 aliphatic heterocycles. The molecule has 0 heterocycles. The van der Waals surface area contributed by atoms with Crippen molar-refractivity contribution in [1.29, 1.82) is 0 Å². The van der Waals surface area contributed by atoms with Crippen LogP contribution in [0.2, 0.25) is 0 Å². The Labute approximate surface area is 99.0 Å². The number of carbonyl (C=O) groups is 1. The monoisotopic (exact) mass is 250 g/mol. The van der Waals surface area contributed by atoms with Gasteiger partial charge in [0.2, 0.25) is 0 Å². The van der Waals surface area contributed by atoms with E-state index in [1.165, 1.54) is 6.07 Å². The van der Waals surface area contributed by atoms with E-state index in [4.69, 9.17) is 0 Å². The highest BCUT2D eigenvalue weighted by atomic mass is 32.2. The minimum absolute atomic E-state index is 0.217. The molecule has 0 radical (unpaired) electrons. The Hall–Kier alpha value is -1.88. The van der Waals surface area contributed by atoms with Crippen LogP contribution in [0.15, 0.2) is 42.5 Å². The van der Waals surface area contributed by atoms with E-state index in [1.807, 2.05) is 24.3 Å². The topological polar surface area (TPSA) is 60.4 Å². The summed E-state index contributed by atoms with van der Waals surface area (Å²) in [5.41, 5.74) is 0.217. The highest BCUT2D eigenvalue weighted by Crippen LogP contribution is 2.16. The summed E-state index contributed by atoms with van der Waals surface area (Å²) in [6.45, 7) is 0. The quantitative estimate of drug-likeness (QED) is 0.764. The highest BCUT2D eigenvalue weighted by Gasteiger charge is 2.13. The Morgan fingerprint density at radius 3 is 2.35 bits per heavy atom. The van der Waals surface area contributed by atoms with E-state index in [0.29, 0.717) is 0 Å². The van der Waals surface area contributed by atoms with E-state index in [9.17, 15) is 13.2 Å². The van der Waals surface area contributed by atoms with Gasteiger partial charge in [-0.25, -0.2) is 4.79 Å². The van der Waals surface area contributed by atoms with Gasteiger partial charge in [0.1, 0.15) is 0 Å². The van der Waals surface area contributed by atoms with Crippen LogP contribution >= 0.6 is 0 Å². The van der Waals surface area contributed by atoms with Crippen LogP contribution in [-0.4, -0.2) is 20.6 Å². The zero-order valence-electron chi connectivity index (χ0n) is 9.08. The number of carbonyl (C=O) groups excluding carboxylic acids is 1. The second-order valence-electron chi connectivity index (χ2n) is 3.64. The van der Waals surface area contributed by atoms with Gasteiger partial charge in [0.05, 0.1) is 11.8 Å². The van der Waals surface area contributed by atoms with Gasteiger partial charge in [0, 0.05) is 0 Å². The van der Waals surface area contributed by atoms with E-state index >= 15 is 0 Å². The van der Waals surface area contributed by atoms with Crippen LogP contribution in [0, 0.1) is 0 Å². The Bertz CT molecular complexity index is 674. The molecule has 2 rings (SSSR count). The zero-order valence-corrected chi connectivity index (χ0v) is 9.90. The van der Waals surface area contributed by atoms with Gasteiger partial charge in [-0.05, 0) is 22.9 Å². The average molecular weight is 250 g/mol. The predicted octanol–water partition coefficient (Wildman–Crippen LogP) is 1.96. The Morgan fingerprint density at radius 1 is 1.06 bits per heavy atom. The van der Waals surface area contributed by atoms with Crippen LogP contribution < -0.4 is 0 Å². The lowest BCUT2D eigenvalue weighted by Gasteiger charge is -2.03. The van der Waals surface area contributed by atoms with Gasteiger partial charge in [-0.3, -0.25) is 0 Å². The van der Waals surface area contributed by atoms with Crippen molar-refractivity contribution in [3.05, 3.63) is 48.0 Å². The maximum atomic E-state index is 11.5. The summed E-state index contributed by atoms with van der Waals surface area (Å²) in [5.74, 6) is -0.863. The van der Waals surface area contributed by atoms with Crippen LogP contribution in [-0.2, 0) is 14.3 Å². The van der Waals surface area contributed by atoms with Crippen LogP contribution in [0.3, 0.4) is 0 Å². The number of rotatable bonds is 2. The minimum Gasteiger partial charge on any atom is -0.341 e. The van der Waals surface area contributed by atoms with Gasteiger partial charge in [-0.2, -0.15) is 8.42 Å². The van der Waals surface area contributed by atoms with Gasteiger partial charge >= 0.3 is 16.1 Å². The van der Waals surface area contributed by atoms with Crippen molar-refractivity contribution in [3.63, 3.8) is 0 Å². The average Bonchev–Trinajstić information content (AvgIpc) is 2.26. The zero-order chi connectivity index (χ0) is 12.5. The molecule has 0 aromatic heterocycles. The lowest BCUT2D eigenvalue weighted by molar-refractivity contribution is 0.0748. The molecule has 0 amide bonds. The van der Waals surface area contributed by atoms with Gasteiger partial charge in [-0.15, -0.1) is 0 Å². The van der Waals surface area contributed by atoms with Crippen LogP contribution in [0.1, 0.15) is 10.4 Å². The highest BCUT2D eigenvalue weighted by molar-refractivity contribution is 7.86. The maximum Gasteiger partial charge on any atom is 0.353 e. The molecular formula is C12H10O4S. The third-order valence-electron chi connectivity index (χ3n) is 2.21. The van der Waals surface area contributed by atoms with Crippen molar-refractivity contribution in [1.82, 2.24) is 0 Å². The van der Waals surface area contributed by atoms with Crippen LogP contribution in [0.25, 0.3) is 10.8 Å². The molecule has 0 saturated heterocycles. The Morgan fingerprint density at radius 2 is 1.71 bits per heavy atom. The van der Waals surface area contributed by atoms with Crippen molar-refractivity contribution >= 4 is 26.9 Å². The predicted molar refractivity (Wildman–Crippen MR) is 64.2 cm³/mol. The first-order valence-electron chi connectivity index (χ1n) is 4.88. The fourth-order valence-electron chi connectivity index (χ4n) is 1.50.